The Hall–Kier alpha value is -3.95. The lowest BCUT2D eigenvalue weighted by atomic mass is 10.0. The number of amides is 1. The highest BCUT2D eigenvalue weighted by molar-refractivity contribution is 7.16. The van der Waals surface area contributed by atoms with Gasteiger partial charge in [-0.3, -0.25) is 23.8 Å². The minimum Gasteiger partial charge on any atom is -0.299 e. The Morgan fingerprint density at radius 1 is 1.21 bits per heavy atom. The first-order valence-electron chi connectivity index (χ1n) is 10.2. The minimum absolute atomic E-state index is 0.0760. The number of fused-ring (bicyclic) bond motifs is 2. The third-order valence-corrected chi connectivity index (χ3v) is 5.34. The number of aldehydes is 1. The number of para-hydroxylation sites is 1. The van der Waals surface area contributed by atoms with Crippen LogP contribution < -0.4 is 11.0 Å². The van der Waals surface area contributed by atoms with Crippen molar-refractivity contribution in [2.45, 2.75) is 26.4 Å². The lowest BCUT2D eigenvalue weighted by molar-refractivity contribution is -0.139. The van der Waals surface area contributed by atoms with Gasteiger partial charge in [0.15, 0.2) is 0 Å². The van der Waals surface area contributed by atoms with Gasteiger partial charge in [-0.15, -0.1) is 11.3 Å². The number of carbonyl (C=O) groups excluding carboxylic acids is 2. The molecule has 0 aliphatic heterocycles. The van der Waals surface area contributed by atoms with Gasteiger partial charge in [0.1, 0.15) is 18.3 Å². The topological polar surface area (TPSA) is 103 Å². The normalized spacial score (nSPS) is 10.9. The van der Waals surface area contributed by atoms with Gasteiger partial charge >= 0.3 is 0 Å². The summed E-state index contributed by atoms with van der Waals surface area (Å²) >= 11 is 1.57. The molecule has 174 valence electrons. The van der Waals surface area contributed by atoms with E-state index in [-0.39, 0.29) is 11.3 Å². The second-order valence-electron chi connectivity index (χ2n) is 8.12. The zero-order valence-corrected chi connectivity index (χ0v) is 19.9. The van der Waals surface area contributed by atoms with Crippen molar-refractivity contribution in [3.8, 4) is 11.1 Å². The van der Waals surface area contributed by atoms with Crippen LogP contribution in [0.1, 0.15) is 20.8 Å². The molecule has 0 saturated carbocycles. The summed E-state index contributed by atoms with van der Waals surface area (Å²) in [5, 5.41) is 0.388. The maximum atomic E-state index is 13.1. The van der Waals surface area contributed by atoms with Crippen molar-refractivity contribution in [1.29, 1.82) is 0 Å². The van der Waals surface area contributed by atoms with Gasteiger partial charge in [0.2, 0.25) is 0 Å². The van der Waals surface area contributed by atoms with E-state index in [1.165, 1.54) is 12.4 Å². The number of hydroxylamine groups is 1. The second kappa shape index (κ2) is 10.3. The molecule has 4 aromatic rings. The Kier molecular flexibility index (Phi) is 7.50. The van der Waals surface area contributed by atoms with Crippen molar-refractivity contribution in [1.82, 2.24) is 20.0 Å². The summed E-state index contributed by atoms with van der Waals surface area (Å²) in [7, 11) is 0. The summed E-state index contributed by atoms with van der Waals surface area (Å²) in [6, 6.07) is 11.3. The molecule has 0 radical (unpaired) electrons. The van der Waals surface area contributed by atoms with Crippen molar-refractivity contribution in [3.05, 3.63) is 77.8 Å². The molecule has 0 atom stereocenters. The number of thiazole rings is 1. The molecule has 0 spiro atoms. The fraction of sp³-hybridized carbons (Fsp3) is 0.160. The van der Waals surface area contributed by atoms with Crippen LogP contribution in [0.3, 0.4) is 0 Å². The largest absolute Gasteiger partial charge is 0.299 e. The van der Waals surface area contributed by atoms with Crippen LogP contribution in [0, 0.1) is 0 Å². The van der Waals surface area contributed by atoms with Crippen molar-refractivity contribution in [2.75, 3.05) is 0 Å². The lowest BCUT2D eigenvalue weighted by Gasteiger charge is -2.19. The number of nitrogens with zero attached hydrogens (tertiary/aromatic N) is 3. The molecule has 1 N–H and O–H groups in total. The van der Waals surface area contributed by atoms with Gasteiger partial charge in [-0.1, -0.05) is 31.4 Å². The Morgan fingerprint density at radius 2 is 1.94 bits per heavy atom. The first-order valence-corrected chi connectivity index (χ1v) is 11.1. The molecule has 2 aromatic carbocycles. The van der Waals surface area contributed by atoms with E-state index in [1.807, 2.05) is 24.3 Å². The molecule has 0 saturated heterocycles. The average molecular weight is 477 g/mol. The number of carbonyl (C=O) groups is 2. The predicted molar refractivity (Wildman–Crippen MR) is 135 cm³/mol. The van der Waals surface area contributed by atoms with Crippen molar-refractivity contribution in [3.63, 3.8) is 0 Å². The lowest BCUT2D eigenvalue weighted by Crippen LogP contribution is -2.36. The second-order valence-corrected chi connectivity index (χ2v) is 9.01. The molecule has 0 unspecified atom stereocenters. The van der Waals surface area contributed by atoms with E-state index in [2.05, 4.69) is 28.6 Å². The maximum absolute atomic E-state index is 13.1. The summed E-state index contributed by atoms with van der Waals surface area (Å²) in [4.78, 5) is 48.5. The van der Waals surface area contributed by atoms with E-state index >= 15 is 0 Å². The van der Waals surface area contributed by atoms with E-state index < -0.39 is 11.5 Å². The van der Waals surface area contributed by atoms with Gasteiger partial charge in [0.05, 0.1) is 32.2 Å². The predicted octanol–water partition coefficient (Wildman–Crippen LogP) is 4.36. The standard InChI is InChI=1S/C22H20N4O3S.C3H4O/c1-13(20(27)25-29-22(2,3)4)26-11-23-19-15(6-5-7-16(19)21(26)28)14-8-9-18-17(10-14)24-12-30-18;1-2-3-4/h5-12H,1H2,2-4H3,(H,25,27);2-3H,1H2. The Labute approximate surface area is 200 Å². The van der Waals surface area contributed by atoms with Crippen molar-refractivity contribution in [2.24, 2.45) is 0 Å². The highest BCUT2D eigenvalue weighted by Gasteiger charge is 2.18. The smallest absolute Gasteiger partial charge is 0.291 e. The quantitative estimate of drug-likeness (QED) is 0.261. The van der Waals surface area contributed by atoms with Gasteiger partial charge in [-0.25, -0.2) is 15.4 Å². The molecule has 0 bridgehead atoms. The van der Waals surface area contributed by atoms with Crippen molar-refractivity contribution < 1.29 is 14.4 Å². The summed E-state index contributed by atoms with van der Waals surface area (Å²) in [6.45, 7) is 12.2. The van der Waals surface area contributed by atoms with Gasteiger partial charge < -0.3 is 0 Å². The van der Waals surface area contributed by atoms with Crippen LogP contribution in [-0.2, 0) is 14.4 Å². The molecule has 2 heterocycles. The molecule has 0 aliphatic carbocycles. The molecule has 0 fully saturated rings. The molecule has 4 rings (SSSR count). The maximum Gasteiger partial charge on any atom is 0.291 e. The summed E-state index contributed by atoms with van der Waals surface area (Å²) < 4.78 is 2.21. The zero-order valence-electron chi connectivity index (χ0n) is 19.1. The van der Waals surface area contributed by atoms with Crippen LogP contribution in [0.25, 0.3) is 37.9 Å². The third-order valence-electron chi connectivity index (χ3n) is 4.53. The minimum atomic E-state index is -0.613. The number of benzene rings is 2. The molecule has 34 heavy (non-hydrogen) atoms. The van der Waals surface area contributed by atoms with E-state index in [1.54, 1.807) is 49.8 Å². The Morgan fingerprint density at radius 3 is 2.62 bits per heavy atom. The molecule has 9 heteroatoms. The average Bonchev–Trinajstić information content (AvgIpc) is 3.30. The molecule has 2 aromatic heterocycles. The first kappa shape index (κ1) is 24.7. The molecule has 0 aliphatic rings. The monoisotopic (exact) mass is 476 g/mol. The summed E-state index contributed by atoms with van der Waals surface area (Å²) in [5.41, 5.74) is 6.26. The number of rotatable bonds is 5. The van der Waals surface area contributed by atoms with E-state index in [0.29, 0.717) is 17.2 Å². The zero-order chi connectivity index (χ0) is 24.9. The molecule has 8 nitrogen and oxygen atoms in total. The van der Waals surface area contributed by atoms with Gasteiger partial charge in [-0.2, -0.15) is 0 Å². The van der Waals surface area contributed by atoms with Crippen molar-refractivity contribution >= 4 is 50.3 Å². The summed E-state index contributed by atoms with van der Waals surface area (Å²) in [6.07, 6.45) is 3.15. The van der Waals surface area contributed by atoms with Crippen LogP contribution in [0.15, 0.2) is 72.3 Å². The number of allylic oxidation sites excluding steroid dienone is 1. The first-order chi connectivity index (χ1) is 16.2. The van der Waals surface area contributed by atoms with Crippen LogP contribution in [0.2, 0.25) is 0 Å². The molecule has 1 amide bonds. The number of hydrogen-bond acceptors (Lipinski definition) is 7. The van der Waals surface area contributed by atoms with Crippen LogP contribution in [0.4, 0.5) is 0 Å². The number of nitrogens with one attached hydrogen (secondary N) is 1. The SMILES string of the molecule is C=C(C(=O)NOC(C)(C)C)n1cnc2c(-c3ccc4scnc4c3)cccc2c1=O.C=CC=O. The Bertz CT molecular complexity index is 1440. The number of hydrogen-bond donors (Lipinski definition) is 1. The van der Waals surface area contributed by atoms with E-state index in [4.69, 9.17) is 9.63 Å². The highest BCUT2D eigenvalue weighted by Crippen LogP contribution is 2.29. The van der Waals surface area contributed by atoms with E-state index in [0.717, 1.165) is 25.9 Å². The number of aromatic nitrogens is 3. The van der Waals surface area contributed by atoms with Crippen LogP contribution in [0.5, 0.6) is 0 Å². The Balaban J connectivity index is 0.000000751. The van der Waals surface area contributed by atoms with Gasteiger partial charge in [-0.05, 0) is 50.6 Å². The van der Waals surface area contributed by atoms with Gasteiger partial charge in [0, 0.05) is 5.56 Å². The highest BCUT2D eigenvalue weighted by atomic mass is 32.1. The van der Waals surface area contributed by atoms with E-state index in [9.17, 15) is 9.59 Å². The molecular weight excluding hydrogens is 452 g/mol. The van der Waals surface area contributed by atoms with Crippen LogP contribution >= 0.6 is 11.3 Å². The van der Waals surface area contributed by atoms with Crippen LogP contribution in [-0.4, -0.2) is 32.3 Å². The molecular formula is C25H24N4O4S. The summed E-state index contributed by atoms with van der Waals surface area (Å²) in [5.74, 6) is -0.613. The van der Waals surface area contributed by atoms with Gasteiger partial charge in [0.25, 0.3) is 11.5 Å². The third kappa shape index (κ3) is 5.51. The fourth-order valence-corrected chi connectivity index (χ4v) is 3.63. The fourth-order valence-electron chi connectivity index (χ4n) is 2.97.